The molecule has 2 aliphatic rings. The molecule has 1 aromatic carbocycles. The van der Waals surface area contributed by atoms with Crippen molar-refractivity contribution in [2.75, 3.05) is 26.2 Å². The third kappa shape index (κ3) is 5.00. The molecule has 3 amide bonds. The first kappa shape index (κ1) is 20.0. The Morgan fingerprint density at radius 1 is 1.00 bits per heavy atom. The number of tetrazole rings is 1. The second kappa shape index (κ2) is 9.02. The van der Waals surface area contributed by atoms with Crippen molar-refractivity contribution < 1.29 is 14.4 Å². The second-order valence-electron chi connectivity index (χ2n) is 7.60. The summed E-state index contributed by atoms with van der Waals surface area (Å²) in [5, 5.41) is 15.2. The monoisotopic (exact) mass is 411 g/mol. The van der Waals surface area contributed by atoms with Crippen LogP contribution in [0.3, 0.4) is 0 Å². The highest BCUT2D eigenvalue weighted by atomic mass is 16.2. The molecule has 10 nitrogen and oxygen atoms in total. The third-order valence-corrected chi connectivity index (χ3v) is 5.26. The van der Waals surface area contributed by atoms with Gasteiger partial charge in [0.2, 0.25) is 11.7 Å². The van der Waals surface area contributed by atoms with Gasteiger partial charge in [0.25, 0.3) is 0 Å². The molecule has 1 N–H and O–H groups in total. The van der Waals surface area contributed by atoms with Crippen molar-refractivity contribution in [3.8, 4) is 11.4 Å². The fraction of sp³-hybridized carbons (Fsp3) is 0.500. The molecule has 2 aromatic rings. The third-order valence-electron chi connectivity index (χ3n) is 5.26. The maximum absolute atomic E-state index is 12.5. The minimum absolute atomic E-state index is 0.0351. The van der Waals surface area contributed by atoms with Crippen LogP contribution >= 0.6 is 0 Å². The van der Waals surface area contributed by atoms with Crippen molar-refractivity contribution >= 4 is 17.7 Å². The van der Waals surface area contributed by atoms with Crippen molar-refractivity contribution in [3.63, 3.8) is 0 Å². The average Bonchev–Trinajstić information content (AvgIpc) is 3.47. The molecule has 0 atom stereocenters. The van der Waals surface area contributed by atoms with Crippen LogP contribution in [0.5, 0.6) is 0 Å². The van der Waals surface area contributed by atoms with Crippen LogP contribution < -0.4 is 5.32 Å². The maximum Gasteiger partial charge on any atom is 0.312 e. The van der Waals surface area contributed by atoms with E-state index in [2.05, 4.69) is 20.7 Å². The van der Waals surface area contributed by atoms with Gasteiger partial charge < -0.3 is 15.1 Å². The minimum Gasteiger partial charge on any atom is -0.345 e. The van der Waals surface area contributed by atoms with Gasteiger partial charge in [-0.25, -0.2) is 0 Å². The molecule has 4 rings (SSSR count). The molecule has 10 heteroatoms. The highest BCUT2D eigenvalue weighted by Crippen LogP contribution is 2.18. The summed E-state index contributed by atoms with van der Waals surface area (Å²) in [7, 11) is 0. The number of aromatic nitrogens is 4. The molecule has 1 aliphatic carbocycles. The average molecular weight is 411 g/mol. The predicted molar refractivity (Wildman–Crippen MR) is 107 cm³/mol. The quantitative estimate of drug-likeness (QED) is 0.673. The summed E-state index contributed by atoms with van der Waals surface area (Å²) in [5.41, 5.74) is 0.901. The van der Waals surface area contributed by atoms with Crippen LogP contribution in [0, 0.1) is 0 Å². The SMILES string of the molecule is O=C(NC1CC1)C(=O)N1CCN(C(=O)CCCn2nnc(-c3ccccc3)n2)CC1. The summed E-state index contributed by atoms with van der Waals surface area (Å²) in [4.78, 5) is 41.3. The zero-order valence-corrected chi connectivity index (χ0v) is 16.7. The first-order chi connectivity index (χ1) is 14.6. The summed E-state index contributed by atoms with van der Waals surface area (Å²) >= 11 is 0. The highest BCUT2D eigenvalue weighted by molar-refractivity contribution is 6.35. The van der Waals surface area contributed by atoms with Crippen molar-refractivity contribution in [3.05, 3.63) is 30.3 Å². The number of nitrogens with zero attached hydrogens (tertiary/aromatic N) is 6. The number of carbonyl (C=O) groups is 3. The van der Waals surface area contributed by atoms with Crippen LogP contribution in [0.1, 0.15) is 25.7 Å². The minimum atomic E-state index is -0.535. The molecule has 2 heterocycles. The van der Waals surface area contributed by atoms with E-state index in [1.165, 1.54) is 9.70 Å². The van der Waals surface area contributed by atoms with Crippen molar-refractivity contribution in [2.24, 2.45) is 0 Å². The highest BCUT2D eigenvalue weighted by Gasteiger charge is 2.31. The Morgan fingerprint density at radius 3 is 2.40 bits per heavy atom. The van der Waals surface area contributed by atoms with Gasteiger partial charge >= 0.3 is 11.8 Å². The van der Waals surface area contributed by atoms with Crippen molar-refractivity contribution in [1.82, 2.24) is 35.3 Å². The van der Waals surface area contributed by atoms with Crippen LogP contribution in [-0.4, -0.2) is 79.9 Å². The van der Waals surface area contributed by atoms with Gasteiger partial charge in [0.05, 0.1) is 6.54 Å². The number of benzene rings is 1. The number of rotatable bonds is 6. The largest absolute Gasteiger partial charge is 0.345 e. The van der Waals surface area contributed by atoms with Gasteiger partial charge in [0.1, 0.15) is 0 Å². The maximum atomic E-state index is 12.5. The summed E-state index contributed by atoms with van der Waals surface area (Å²) < 4.78 is 0. The van der Waals surface area contributed by atoms with Gasteiger partial charge in [-0.05, 0) is 24.5 Å². The molecule has 1 saturated heterocycles. The lowest BCUT2D eigenvalue weighted by atomic mass is 10.2. The zero-order valence-electron chi connectivity index (χ0n) is 16.7. The lowest BCUT2D eigenvalue weighted by Gasteiger charge is -2.34. The van der Waals surface area contributed by atoms with E-state index in [4.69, 9.17) is 0 Å². The molecule has 30 heavy (non-hydrogen) atoms. The molecule has 0 spiro atoms. The normalized spacial score (nSPS) is 16.4. The number of piperazine rings is 1. The molecule has 1 aliphatic heterocycles. The summed E-state index contributed by atoms with van der Waals surface area (Å²) in [6.45, 7) is 2.16. The Hall–Kier alpha value is -3.30. The summed E-state index contributed by atoms with van der Waals surface area (Å²) in [6.07, 6.45) is 2.86. The molecule has 0 bridgehead atoms. The van der Waals surface area contributed by atoms with Crippen LogP contribution in [-0.2, 0) is 20.9 Å². The van der Waals surface area contributed by atoms with Crippen LogP contribution in [0.15, 0.2) is 30.3 Å². The Bertz CT molecular complexity index is 902. The van der Waals surface area contributed by atoms with Crippen molar-refractivity contribution in [1.29, 1.82) is 0 Å². The molecule has 158 valence electrons. The zero-order chi connectivity index (χ0) is 20.9. The van der Waals surface area contributed by atoms with E-state index in [1.54, 1.807) is 4.90 Å². The fourth-order valence-electron chi connectivity index (χ4n) is 3.35. The van der Waals surface area contributed by atoms with Crippen LogP contribution in [0.2, 0.25) is 0 Å². The Morgan fingerprint density at radius 2 is 1.70 bits per heavy atom. The fourth-order valence-corrected chi connectivity index (χ4v) is 3.35. The molecule has 1 saturated carbocycles. The smallest absolute Gasteiger partial charge is 0.312 e. The lowest BCUT2D eigenvalue weighted by molar-refractivity contribution is -0.148. The number of amides is 3. The molecule has 1 aromatic heterocycles. The molecular weight excluding hydrogens is 386 g/mol. The Balaban J connectivity index is 1.18. The van der Waals surface area contributed by atoms with E-state index in [0.717, 1.165) is 18.4 Å². The first-order valence-electron chi connectivity index (χ1n) is 10.3. The second-order valence-corrected chi connectivity index (χ2v) is 7.60. The number of hydrogen-bond donors (Lipinski definition) is 1. The molecular formula is C20H25N7O3. The number of nitrogens with one attached hydrogen (secondary N) is 1. The predicted octanol–water partition coefficient (Wildman–Crippen LogP) is 0.0697. The van der Waals surface area contributed by atoms with Crippen LogP contribution in [0.25, 0.3) is 11.4 Å². The van der Waals surface area contributed by atoms with Gasteiger partial charge in [-0.3, -0.25) is 14.4 Å². The summed E-state index contributed by atoms with van der Waals surface area (Å²) in [5.74, 6) is -0.436. The molecule has 2 fully saturated rings. The van der Waals surface area contributed by atoms with Gasteiger partial charge in [-0.2, -0.15) is 4.80 Å². The van der Waals surface area contributed by atoms with E-state index < -0.39 is 11.8 Å². The van der Waals surface area contributed by atoms with Crippen LogP contribution in [0.4, 0.5) is 0 Å². The van der Waals surface area contributed by atoms with E-state index in [-0.39, 0.29) is 11.9 Å². The first-order valence-corrected chi connectivity index (χ1v) is 10.3. The lowest BCUT2D eigenvalue weighted by Crippen LogP contribution is -2.54. The van der Waals surface area contributed by atoms with Gasteiger partial charge in [-0.15, -0.1) is 10.2 Å². The van der Waals surface area contributed by atoms with E-state index >= 15 is 0 Å². The van der Waals surface area contributed by atoms with E-state index in [1.807, 2.05) is 30.3 Å². The number of hydrogen-bond acceptors (Lipinski definition) is 6. The topological polar surface area (TPSA) is 113 Å². The van der Waals surface area contributed by atoms with Crippen molar-refractivity contribution in [2.45, 2.75) is 38.3 Å². The molecule has 0 unspecified atom stereocenters. The van der Waals surface area contributed by atoms with E-state index in [0.29, 0.717) is 51.4 Å². The summed E-state index contributed by atoms with van der Waals surface area (Å²) in [6, 6.07) is 9.77. The number of carbonyl (C=O) groups excluding carboxylic acids is 3. The van der Waals surface area contributed by atoms with E-state index in [9.17, 15) is 14.4 Å². The standard InChI is InChI=1S/C20H25N7O3/c28-17(7-4-10-27-23-18(22-24-27)15-5-2-1-3-6-15)25-11-13-26(14-12-25)20(30)19(29)21-16-8-9-16/h1-3,5-6,16H,4,7-14H2,(H,21,29). The van der Waals surface area contributed by atoms with Gasteiger partial charge in [0.15, 0.2) is 0 Å². The number of aryl methyl sites for hydroxylation is 1. The Kier molecular flexibility index (Phi) is 6.01. The molecule has 0 radical (unpaired) electrons. The van der Waals surface area contributed by atoms with Gasteiger partial charge in [0, 0.05) is 44.2 Å². The van der Waals surface area contributed by atoms with Gasteiger partial charge in [-0.1, -0.05) is 30.3 Å². The Labute approximate surface area is 174 Å².